The van der Waals surface area contributed by atoms with Gasteiger partial charge in [-0.3, -0.25) is 0 Å². The van der Waals surface area contributed by atoms with Crippen LogP contribution in [0, 0.1) is 0 Å². The van der Waals surface area contributed by atoms with Gasteiger partial charge in [0.1, 0.15) is 5.75 Å². The Hall–Kier alpha value is -0.763. The molecule has 14 heavy (non-hydrogen) atoms. The topological polar surface area (TPSA) is 9.23 Å². The Morgan fingerprint density at radius 2 is 1.50 bits per heavy atom. The Morgan fingerprint density at radius 3 is 1.86 bits per heavy atom. The maximum absolute atomic E-state index is 5.88. The number of benzene rings is 1. The first-order chi connectivity index (χ1) is 6.38. The summed E-state index contributed by atoms with van der Waals surface area (Å²) < 4.78 is 5.88. The van der Waals surface area contributed by atoms with Crippen molar-refractivity contribution in [2.45, 2.75) is 39.4 Å². The molecule has 0 aliphatic carbocycles. The lowest BCUT2D eigenvalue weighted by Gasteiger charge is -2.19. The van der Waals surface area contributed by atoms with E-state index in [0.29, 0.717) is 5.92 Å². The van der Waals surface area contributed by atoms with E-state index in [-0.39, 0.29) is 0 Å². The van der Waals surface area contributed by atoms with Gasteiger partial charge in [0, 0.05) is 0 Å². The second kappa shape index (κ2) is 4.18. The van der Waals surface area contributed by atoms with Gasteiger partial charge in [0.15, 0.2) is 0 Å². The van der Waals surface area contributed by atoms with Crippen LogP contribution in [0.25, 0.3) is 0 Å². The van der Waals surface area contributed by atoms with Crippen LogP contribution in [0.5, 0.6) is 5.75 Å². The van der Waals surface area contributed by atoms with Crippen LogP contribution in [0.2, 0.25) is 19.6 Å². The molecule has 0 saturated carbocycles. The molecule has 0 aromatic heterocycles. The summed E-state index contributed by atoms with van der Waals surface area (Å²) in [6.45, 7) is 11.0. The molecule has 0 spiro atoms. The third kappa shape index (κ3) is 3.54. The zero-order valence-corrected chi connectivity index (χ0v) is 10.8. The van der Waals surface area contributed by atoms with E-state index in [1.165, 1.54) is 5.56 Å². The molecule has 0 radical (unpaired) electrons. The van der Waals surface area contributed by atoms with Gasteiger partial charge in [-0.05, 0) is 43.3 Å². The summed E-state index contributed by atoms with van der Waals surface area (Å²) in [6.07, 6.45) is 0. The molecule has 0 heterocycles. The highest BCUT2D eigenvalue weighted by Gasteiger charge is 2.15. The normalized spacial score (nSPS) is 11.9. The molecular formula is C12H20OSi. The second-order valence-corrected chi connectivity index (χ2v) is 9.37. The molecule has 2 heteroatoms. The van der Waals surface area contributed by atoms with Crippen molar-refractivity contribution >= 4 is 8.32 Å². The van der Waals surface area contributed by atoms with E-state index in [1.54, 1.807) is 0 Å². The third-order valence-corrected chi connectivity index (χ3v) is 2.82. The predicted octanol–water partition coefficient (Wildman–Crippen LogP) is 4.02. The molecule has 1 aromatic rings. The van der Waals surface area contributed by atoms with Crippen LogP contribution in [0.1, 0.15) is 25.3 Å². The molecule has 0 saturated heterocycles. The van der Waals surface area contributed by atoms with Crippen LogP contribution in [-0.2, 0) is 0 Å². The summed E-state index contributed by atoms with van der Waals surface area (Å²) in [5.41, 5.74) is 1.37. The largest absolute Gasteiger partial charge is 0.544 e. The number of hydrogen-bond donors (Lipinski definition) is 0. The smallest absolute Gasteiger partial charge is 0.242 e. The van der Waals surface area contributed by atoms with Gasteiger partial charge in [0.2, 0.25) is 8.32 Å². The lowest BCUT2D eigenvalue weighted by molar-refractivity contribution is 0.557. The number of rotatable bonds is 3. The Kier molecular flexibility index (Phi) is 3.37. The maximum Gasteiger partial charge on any atom is 0.242 e. The lowest BCUT2D eigenvalue weighted by Crippen LogP contribution is -2.29. The molecule has 0 aliphatic heterocycles. The van der Waals surface area contributed by atoms with Gasteiger partial charge >= 0.3 is 0 Å². The molecule has 0 bridgehead atoms. The summed E-state index contributed by atoms with van der Waals surface area (Å²) in [6, 6.07) is 8.46. The van der Waals surface area contributed by atoms with Crippen molar-refractivity contribution in [3.05, 3.63) is 29.8 Å². The van der Waals surface area contributed by atoms with Crippen molar-refractivity contribution in [2.24, 2.45) is 0 Å². The first kappa shape index (κ1) is 11.3. The molecule has 0 N–H and O–H groups in total. The van der Waals surface area contributed by atoms with Crippen molar-refractivity contribution in [1.29, 1.82) is 0 Å². The summed E-state index contributed by atoms with van der Waals surface area (Å²) >= 11 is 0. The van der Waals surface area contributed by atoms with Crippen molar-refractivity contribution in [3.8, 4) is 5.75 Å². The fraction of sp³-hybridized carbons (Fsp3) is 0.500. The lowest BCUT2D eigenvalue weighted by atomic mass is 10.0. The van der Waals surface area contributed by atoms with E-state index in [2.05, 4.69) is 57.8 Å². The van der Waals surface area contributed by atoms with Crippen LogP contribution >= 0.6 is 0 Å². The van der Waals surface area contributed by atoms with Gasteiger partial charge in [-0.25, -0.2) is 0 Å². The van der Waals surface area contributed by atoms with Gasteiger partial charge in [-0.2, -0.15) is 0 Å². The number of hydrogen-bond acceptors (Lipinski definition) is 1. The molecule has 0 amide bonds. The summed E-state index contributed by atoms with van der Waals surface area (Å²) in [7, 11) is -1.44. The van der Waals surface area contributed by atoms with E-state index in [4.69, 9.17) is 4.43 Å². The molecule has 0 fully saturated rings. The average molecular weight is 208 g/mol. The van der Waals surface area contributed by atoms with Crippen LogP contribution in [-0.4, -0.2) is 8.32 Å². The van der Waals surface area contributed by atoms with Gasteiger partial charge in [0.25, 0.3) is 0 Å². The molecule has 1 nitrogen and oxygen atoms in total. The zero-order chi connectivity index (χ0) is 10.8. The highest BCUT2D eigenvalue weighted by molar-refractivity contribution is 6.70. The first-order valence-corrected chi connectivity index (χ1v) is 8.58. The van der Waals surface area contributed by atoms with Gasteiger partial charge in [-0.1, -0.05) is 26.0 Å². The SMILES string of the molecule is CC(C)c1ccc(O[Si](C)(C)C)cc1. The quantitative estimate of drug-likeness (QED) is 0.682. The van der Waals surface area contributed by atoms with Crippen LogP contribution < -0.4 is 4.43 Å². The van der Waals surface area contributed by atoms with E-state index in [0.717, 1.165) is 5.75 Å². The monoisotopic (exact) mass is 208 g/mol. The molecular weight excluding hydrogens is 188 g/mol. The van der Waals surface area contributed by atoms with E-state index in [9.17, 15) is 0 Å². The highest BCUT2D eigenvalue weighted by atomic mass is 28.4. The minimum absolute atomic E-state index is 0.593. The predicted molar refractivity (Wildman–Crippen MR) is 64.5 cm³/mol. The minimum Gasteiger partial charge on any atom is -0.544 e. The fourth-order valence-electron chi connectivity index (χ4n) is 1.27. The van der Waals surface area contributed by atoms with E-state index < -0.39 is 8.32 Å². The summed E-state index contributed by atoms with van der Waals surface area (Å²) in [5, 5.41) is 0. The maximum atomic E-state index is 5.88. The van der Waals surface area contributed by atoms with E-state index in [1.807, 2.05) is 0 Å². The van der Waals surface area contributed by atoms with Crippen molar-refractivity contribution in [3.63, 3.8) is 0 Å². The van der Waals surface area contributed by atoms with Crippen molar-refractivity contribution in [1.82, 2.24) is 0 Å². The van der Waals surface area contributed by atoms with Gasteiger partial charge < -0.3 is 4.43 Å². The Labute approximate surface area is 88.2 Å². The average Bonchev–Trinajstić information content (AvgIpc) is 2.02. The van der Waals surface area contributed by atoms with Gasteiger partial charge in [0.05, 0.1) is 0 Å². The third-order valence-electron chi connectivity index (χ3n) is 1.97. The molecule has 1 aromatic carbocycles. The molecule has 1 rings (SSSR count). The highest BCUT2D eigenvalue weighted by Crippen LogP contribution is 2.20. The molecule has 0 aliphatic rings. The van der Waals surface area contributed by atoms with Crippen LogP contribution in [0.4, 0.5) is 0 Å². The van der Waals surface area contributed by atoms with Crippen LogP contribution in [0.15, 0.2) is 24.3 Å². The summed E-state index contributed by atoms with van der Waals surface area (Å²) in [5.74, 6) is 1.60. The zero-order valence-electron chi connectivity index (χ0n) is 9.79. The second-order valence-electron chi connectivity index (χ2n) is 4.94. The Bertz CT molecular complexity index is 282. The van der Waals surface area contributed by atoms with Crippen molar-refractivity contribution in [2.75, 3.05) is 0 Å². The summed E-state index contributed by atoms with van der Waals surface area (Å²) in [4.78, 5) is 0. The Morgan fingerprint density at radius 1 is 1.00 bits per heavy atom. The standard InChI is InChI=1S/C12H20OSi/c1-10(2)11-6-8-12(9-7-11)13-14(3,4)5/h6-10H,1-5H3. The molecule has 0 unspecified atom stereocenters. The Balaban J connectivity index is 2.74. The van der Waals surface area contributed by atoms with Crippen molar-refractivity contribution < 1.29 is 4.43 Å². The fourth-order valence-corrected chi connectivity index (χ4v) is 2.12. The minimum atomic E-state index is -1.44. The van der Waals surface area contributed by atoms with Gasteiger partial charge in [-0.15, -0.1) is 0 Å². The molecule has 0 atom stereocenters. The van der Waals surface area contributed by atoms with Crippen LogP contribution in [0.3, 0.4) is 0 Å². The van der Waals surface area contributed by atoms with E-state index >= 15 is 0 Å². The first-order valence-electron chi connectivity index (χ1n) is 5.17. The molecule has 78 valence electrons.